The zero-order valence-corrected chi connectivity index (χ0v) is 20.2. The van der Waals surface area contributed by atoms with Crippen LogP contribution in [0.15, 0.2) is 72.8 Å². The van der Waals surface area contributed by atoms with E-state index in [9.17, 15) is 9.59 Å². The number of hydrogen-bond acceptors (Lipinski definition) is 2. The van der Waals surface area contributed by atoms with E-state index >= 15 is 0 Å². The predicted octanol–water partition coefficient (Wildman–Crippen LogP) is 7.09. The number of allylic oxidation sites excluding steroid dienone is 1. The molecule has 0 bridgehead atoms. The van der Waals surface area contributed by atoms with Gasteiger partial charge in [0.15, 0.2) is 5.78 Å². The van der Waals surface area contributed by atoms with E-state index in [-0.39, 0.29) is 17.1 Å². The van der Waals surface area contributed by atoms with Crippen molar-refractivity contribution < 1.29 is 9.59 Å². The molecule has 3 aromatic carbocycles. The van der Waals surface area contributed by atoms with E-state index in [1.54, 1.807) is 24.3 Å². The molecule has 0 spiro atoms. The molecular formula is C28H23Cl2NO2. The number of hydrogen-bond donors (Lipinski definition) is 0. The van der Waals surface area contributed by atoms with E-state index in [0.29, 0.717) is 21.2 Å². The maximum Gasteiger partial charge on any atom is 0.259 e. The number of carbonyl (C=O) groups excluding carboxylic acids is 2. The predicted molar refractivity (Wildman–Crippen MR) is 134 cm³/mol. The lowest BCUT2D eigenvalue weighted by Crippen LogP contribution is -2.54. The standard InChI is InChI=1S/C28H23Cl2NO2/c1-27(2)16-28(3,18-9-13-20(30)14-10-18)23-6-4-5-21-22(26(33)31(27)25(21)23)15-24(32)17-7-11-19(29)12-8-17/h4-15H,16H2,1-3H3. The van der Waals surface area contributed by atoms with Gasteiger partial charge in [-0.1, -0.05) is 60.5 Å². The average molecular weight is 476 g/mol. The zero-order valence-electron chi connectivity index (χ0n) is 18.7. The Morgan fingerprint density at radius 3 is 2.15 bits per heavy atom. The number of rotatable bonds is 3. The van der Waals surface area contributed by atoms with Gasteiger partial charge in [-0.05, 0) is 73.9 Å². The second-order valence-electron chi connectivity index (χ2n) is 9.60. The Kier molecular flexibility index (Phi) is 5.04. The van der Waals surface area contributed by atoms with Gasteiger partial charge < -0.3 is 4.90 Å². The van der Waals surface area contributed by atoms with Crippen LogP contribution in [0.5, 0.6) is 0 Å². The molecule has 0 saturated carbocycles. The molecule has 0 aromatic heterocycles. The molecule has 1 atom stereocenters. The van der Waals surface area contributed by atoms with Crippen molar-refractivity contribution in [3.63, 3.8) is 0 Å². The van der Waals surface area contributed by atoms with Gasteiger partial charge in [-0.3, -0.25) is 9.59 Å². The van der Waals surface area contributed by atoms with Crippen molar-refractivity contribution >= 4 is 46.2 Å². The smallest absolute Gasteiger partial charge is 0.259 e. The molecule has 1 unspecified atom stereocenters. The van der Waals surface area contributed by atoms with Crippen molar-refractivity contribution in [2.45, 2.75) is 38.1 Å². The average Bonchev–Trinajstić information content (AvgIpc) is 3.05. The van der Waals surface area contributed by atoms with Crippen LogP contribution in [-0.4, -0.2) is 17.2 Å². The SMILES string of the molecule is CC1(c2ccc(Cl)cc2)CC(C)(C)N2C(=O)C(=CC(=O)c3ccc(Cl)cc3)c3cccc1c32. The second kappa shape index (κ2) is 7.58. The van der Waals surface area contributed by atoms with Gasteiger partial charge in [0, 0.05) is 32.1 Å². The molecule has 1 amide bonds. The highest BCUT2D eigenvalue weighted by molar-refractivity contribution is 6.37. The fourth-order valence-corrected chi connectivity index (χ4v) is 5.70. The Balaban J connectivity index is 1.68. The van der Waals surface area contributed by atoms with Gasteiger partial charge in [0.2, 0.25) is 0 Å². The van der Waals surface area contributed by atoms with Crippen molar-refractivity contribution in [1.82, 2.24) is 0 Å². The van der Waals surface area contributed by atoms with E-state index in [1.807, 2.05) is 29.2 Å². The molecule has 5 rings (SSSR count). The molecule has 2 aliphatic rings. The van der Waals surface area contributed by atoms with Crippen molar-refractivity contribution in [2.24, 2.45) is 0 Å². The van der Waals surface area contributed by atoms with Gasteiger partial charge >= 0.3 is 0 Å². The van der Waals surface area contributed by atoms with Crippen LogP contribution in [0.4, 0.5) is 5.69 Å². The van der Waals surface area contributed by atoms with Crippen molar-refractivity contribution in [1.29, 1.82) is 0 Å². The lowest BCUT2D eigenvalue weighted by molar-refractivity contribution is -0.114. The first-order chi connectivity index (χ1) is 15.6. The van der Waals surface area contributed by atoms with Crippen LogP contribution < -0.4 is 4.90 Å². The Bertz CT molecular complexity index is 1320. The van der Waals surface area contributed by atoms with Gasteiger partial charge in [-0.25, -0.2) is 0 Å². The number of carbonyl (C=O) groups is 2. The number of nitrogens with zero attached hydrogens (tertiary/aromatic N) is 1. The number of para-hydroxylation sites is 1. The topological polar surface area (TPSA) is 37.4 Å². The van der Waals surface area contributed by atoms with Crippen LogP contribution >= 0.6 is 23.2 Å². The van der Waals surface area contributed by atoms with E-state index in [4.69, 9.17) is 23.2 Å². The maximum absolute atomic E-state index is 13.7. The van der Waals surface area contributed by atoms with Gasteiger partial charge in [0.05, 0.1) is 11.3 Å². The summed E-state index contributed by atoms with van der Waals surface area (Å²) in [5, 5.41) is 1.25. The minimum Gasteiger partial charge on any atom is -0.302 e. The third-order valence-electron chi connectivity index (χ3n) is 6.85. The third kappa shape index (κ3) is 3.42. The molecule has 0 saturated heterocycles. The fourth-order valence-electron chi connectivity index (χ4n) is 5.44. The van der Waals surface area contributed by atoms with E-state index in [2.05, 4.69) is 39.0 Å². The highest BCUT2D eigenvalue weighted by atomic mass is 35.5. The Labute approximate surface area is 203 Å². The van der Waals surface area contributed by atoms with Crippen LogP contribution in [0.25, 0.3) is 5.57 Å². The molecule has 2 aliphatic heterocycles. The zero-order chi connectivity index (χ0) is 23.5. The van der Waals surface area contributed by atoms with Crippen molar-refractivity contribution in [2.75, 3.05) is 4.90 Å². The lowest BCUT2D eigenvalue weighted by Gasteiger charge is -2.49. The molecule has 33 heavy (non-hydrogen) atoms. The van der Waals surface area contributed by atoms with E-state index in [1.165, 1.54) is 6.08 Å². The molecule has 0 N–H and O–H groups in total. The second-order valence-corrected chi connectivity index (χ2v) is 10.5. The largest absolute Gasteiger partial charge is 0.302 e. The van der Waals surface area contributed by atoms with Gasteiger partial charge in [0.25, 0.3) is 5.91 Å². The van der Waals surface area contributed by atoms with Gasteiger partial charge in [-0.15, -0.1) is 0 Å². The van der Waals surface area contributed by atoms with E-state index in [0.717, 1.165) is 28.8 Å². The number of benzene rings is 3. The van der Waals surface area contributed by atoms with Crippen molar-refractivity contribution in [3.8, 4) is 0 Å². The molecule has 166 valence electrons. The lowest BCUT2D eigenvalue weighted by atomic mass is 9.65. The Morgan fingerprint density at radius 2 is 1.52 bits per heavy atom. The minimum atomic E-state index is -0.451. The van der Waals surface area contributed by atoms with Gasteiger partial charge in [-0.2, -0.15) is 0 Å². The summed E-state index contributed by atoms with van der Waals surface area (Å²) in [6.45, 7) is 6.39. The number of ketones is 1. The summed E-state index contributed by atoms with van der Waals surface area (Å²) < 4.78 is 0. The molecule has 2 heterocycles. The third-order valence-corrected chi connectivity index (χ3v) is 7.36. The highest BCUT2D eigenvalue weighted by Gasteiger charge is 2.52. The normalized spacial score (nSPS) is 21.9. The van der Waals surface area contributed by atoms with E-state index < -0.39 is 5.54 Å². The van der Waals surface area contributed by atoms with Crippen LogP contribution in [0.1, 0.15) is 54.2 Å². The van der Waals surface area contributed by atoms with Gasteiger partial charge in [0.1, 0.15) is 0 Å². The first-order valence-electron chi connectivity index (χ1n) is 10.9. The Hall–Kier alpha value is -2.88. The van der Waals surface area contributed by atoms with Crippen LogP contribution in [0, 0.1) is 0 Å². The van der Waals surface area contributed by atoms with Crippen LogP contribution in [-0.2, 0) is 10.2 Å². The molecule has 3 nitrogen and oxygen atoms in total. The fraction of sp³-hybridized carbons (Fsp3) is 0.214. The molecule has 0 radical (unpaired) electrons. The summed E-state index contributed by atoms with van der Waals surface area (Å²) in [5.74, 6) is -0.353. The highest BCUT2D eigenvalue weighted by Crippen LogP contribution is 2.56. The number of anilines is 1. The molecule has 5 heteroatoms. The Morgan fingerprint density at radius 1 is 0.909 bits per heavy atom. The van der Waals surface area contributed by atoms with Crippen molar-refractivity contribution in [3.05, 3.63) is 105 Å². The molecule has 0 fully saturated rings. The summed E-state index contributed by atoms with van der Waals surface area (Å²) >= 11 is 12.1. The summed E-state index contributed by atoms with van der Waals surface area (Å²) in [5.41, 5.74) is 4.09. The minimum absolute atomic E-state index is 0.136. The summed E-state index contributed by atoms with van der Waals surface area (Å²) in [4.78, 5) is 28.5. The monoisotopic (exact) mass is 475 g/mol. The van der Waals surface area contributed by atoms with Crippen LogP contribution in [0.2, 0.25) is 10.0 Å². The molecule has 3 aromatic rings. The molecular weight excluding hydrogens is 453 g/mol. The first kappa shape index (κ1) is 21.9. The molecule has 0 aliphatic carbocycles. The number of amides is 1. The first-order valence-corrected chi connectivity index (χ1v) is 11.6. The quantitative estimate of drug-likeness (QED) is 0.299. The summed E-state index contributed by atoms with van der Waals surface area (Å²) in [6, 6.07) is 20.6. The summed E-state index contributed by atoms with van der Waals surface area (Å²) in [6.07, 6.45) is 2.21. The maximum atomic E-state index is 13.7. The number of halogens is 2. The summed E-state index contributed by atoms with van der Waals surface area (Å²) in [7, 11) is 0. The van der Waals surface area contributed by atoms with Crippen LogP contribution in [0.3, 0.4) is 0 Å².